The van der Waals surface area contributed by atoms with Crippen LogP contribution in [0.2, 0.25) is 0 Å². The summed E-state index contributed by atoms with van der Waals surface area (Å²) in [6.45, 7) is 6.50. The summed E-state index contributed by atoms with van der Waals surface area (Å²) >= 11 is 0. The molecule has 2 nitrogen and oxygen atoms in total. The highest BCUT2D eigenvalue weighted by Gasteiger charge is 2.43. The molecule has 0 radical (unpaired) electrons. The van der Waals surface area contributed by atoms with E-state index in [-0.39, 0.29) is 20.4 Å². The Labute approximate surface area is 219 Å². The molecule has 0 aromatic carbocycles. The minimum Gasteiger partial charge on any atom is -0.412 e. The zero-order chi connectivity index (χ0) is 24.3. The Morgan fingerprint density at radius 3 is 1.71 bits per heavy atom. The number of alkyl halides is 2. The first-order chi connectivity index (χ1) is 16.5. The van der Waals surface area contributed by atoms with Gasteiger partial charge in [-0.2, -0.15) is 0 Å². The first-order valence-corrected chi connectivity index (χ1v) is 15.4. The Morgan fingerprint density at radius 2 is 1.17 bits per heavy atom. The molecule has 35 heavy (non-hydrogen) atoms. The van der Waals surface area contributed by atoms with Gasteiger partial charge < -0.3 is 10.2 Å². The lowest BCUT2D eigenvalue weighted by atomic mass is 9.65. The molecule has 3 atom stereocenters. The van der Waals surface area contributed by atoms with Crippen LogP contribution >= 0.6 is 0 Å². The molecule has 3 aliphatic rings. The van der Waals surface area contributed by atoms with E-state index in [0.717, 1.165) is 30.6 Å². The predicted molar refractivity (Wildman–Crippen MR) is 148 cm³/mol. The van der Waals surface area contributed by atoms with E-state index in [1.807, 2.05) is 6.92 Å². The van der Waals surface area contributed by atoms with Crippen LogP contribution in [0.5, 0.6) is 0 Å². The maximum atomic E-state index is 15.1. The maximum Gasteiger partial charge on any atom is 0.129 e. The van der Waals surface area contributed by atoms with Crippen molar-refractivity contribution in [2.75, 3.05) is 0 Å². The van der Waals surface area contributed by atoms with Crippen LogP contribution in [-0.4, -0.2) is 30.0 Å². The standard InChI is InChI=1S/C31H56F2O.H2O.2H2/c1-4-6-8-10-11-23(3)34-31-29(32)21-28(22-30(31)33)27-19-17-26(18-20-27)25-15-13-24(14-16-25)12-9-7-5-2;;;/h23-31H,4-22H2,1-3H3;1H2;2*1H. The van der Waals surface area contributed by atoms with Gasteiger partial charge >= 0.3 is 0 Å². The fraction of sp³-hybridized carbons (Fsp3) is 1.00. The molecule has 3 aliphatic carbocycles. The number of unbranched alkanes of at least 4 members (excludes halogenated alkanes) is 5. The average Bonchev–Trinajstić information content (AvgIpc) is 2.85. The third-order valence-electron chi connectivity index (χ3n) is 9.88. The minimum absolute atomic E-state index is 0. The highest BCUT2D eigenvalue weighted by atomic mass is 19.1. The average molecular weight is 505 g/mol. The predicted octanol–water partition coefficient (Wildman–Crippen LogP) is 9.68. The molecule has 0 aliphatic heterocycles. The molecule has 0 saturated heterocycles. The molecule has 0 heterocycles. The van der Waals surface area contributed by atoms with Gasteiger partial charge in [0.05, 0.1) is 6.10 Å². The molecule has 212 valence electrons. The van der Waals surface area contributed by atoms with E-state index in [1.54, 1.807) is 0 Å². The highest BCUT2D eigenvalue weighted by Crippen LogP contribution is 2.46. The first kappa shape index (κ1) is 31.0. The second-order valence-corrected chi connectivity index (χ2v) is 12.5. The largest absolute Gasteiger partial charge is 0.412 e. The van der Waals surface area contributed by atoms with Crippen LogP contribution in [0.3, 0.4) is 0 Å². The SMILES string of the molecule is CCCCCCC(C)OC1C(F)CC(C2CCC(C3CCC(CCCCC)CC3)CC2)CC1F.O.[HH].[HH]. The lowest BCUT2D eigenvalue weighted by Crippen LogP contribution is -2.45. The van der Waals surface area contributed by atoms with Crippen molar-refractivity contribution < 1.29 is 21.8 Å². The minimum atomic E-state index is -1.13. The van der Waals surface area contributed by atoms with Crippen molar-refractivity contribution in [2.45, 2.75) is 167 Å². The van der Waals surface area contributed by atoms with Crippen LogP contribution in [0.25, 0.3) is 0 Å². The third kappa shape index (κ3) is 9.87. The van der Waals surface area contributed by atoms with E-state index in [9.17, 15) is 0 Å². The van der Waals surface area contributed by atoms with Gasteiger partial charge in [0.2, 0.25) is 0 Å². The normalized spacial score (nSPS) is 36.9. The second kappa shape index (κ2) is 16.6. The monoisotopic (exact) mass is 504 g/mol. The summed E-state index contributed by atoms with van der Waals surface area (Å²) in [6.07, 6.45) is 19.9. The van der Waals surface area contributed by atoms with E-state index in [1.165, 1.54) is 96.3 Å². The molecule has 0 aromatic heterocycles. The van der Waals surface area contributed by atoms with Crippen molar-refractivity contribution >= 4 is 0 Å². The second-order valence-electron chi connectivity index (χ2n) is 12.5. The van der Waals surface area contributed by atoms with Gasteiger partial charge in [-0.05, 0) is 94.3 Å². The molecule has 3 rings (SSSR count). The molecule has 3 unspecified atom stereocenters. The van der Waals surface area contributed by atoms with Gasteiger partial charge in [0.15, 0.2) is 0 Å². The van der Waals surface area contributed by atoms with Gasteiger partial charge in [-0.3, -0.25) is 0 Å². The van der Waals surface area contributed by atoms with Crippen LogP contribution in [0.15, 0.2) is 0 Å². The topological polar surface area (TPSA) is 40.7 Å². The van der Waals surface area contributed by atoms with Gasteiger partial charge in [-0.25, -0.2) is 8.78 Å². The summed E-state index contributed by atoms with van der Waals surface area (Å²) < 4.78 is 36.0. The number of hydrogen-bond donors (Lipinski definition) is 0. The van der Waals surface area contributed by atoms with E-state index >= 15 is 8.78 Å². The van der Waals surface area contributed by atoms with Crippen molar-refractivity contribution in [1.29, 1.82) is 0 Å². The number of rotatable bonds is 13. The van der Waals surface area contributed by atoms with Crippen molar-refractivity contribution in [1.82, 2.24) is 0 Å². The Balaban J connectivity index is 0.00000432. The Bertz CT molecular complexity index is 527. The van der Waals surface area contributed by atoms with Crippen molar-refractivity contribution in [3.63, 3.8) is 0 Å². The molecular weight excluding hydrogens is 442 g/mol. The van der Waals surface area contributed by atoms with Gasteiger partial charge in [0.25, 0.3) is 0 Å². The number of ether oxygens (including phenoxy) is 1. The summed E-state index contributed by atoms with van der Waals surface area (Å²) in [5, 5.41) is 0. The first-order valence-electron chi connectivity index (χ1n) is 15.4. The Kier molecular flexibility index (Phi) is 14.7. The third-order valence-corrected chi connectivity index (χ3v) is 9.88. The van der Waals surface area contributed by atoms with Crippen LogP contribution in [0, 0.1) is 29.6 Å². The number of halogens is 2. The summed E-state index contributed by atoms with van der Waals surface area (Å²) in [4.78, 5) is 0. The fourth-order valence-electron chi connectivity index (χ4n) is 7.64. The smallest absolute Gasteiger partial charge is 0.129 e. The van der Waals surface area contributed by atoms with E-state index < -0.39 is 18.4 Å². The van der Waals surface area contributed by atoms with E-state index in [4.69, 9.17) is 4.74 Å². The zero-order valence-electron chi connectivity index (χ0n) is 23.3. The maximum absolute atomic E-state index is 15.1. The van der Waals surface area contributed by atoms with Gasteiger partial charge in [0, 0.05) is 2.85 Å². The summed E-state index contributed by atoms with van der Waals surface area (Å²) in [6, 6.07) is 0. The van der Waals surface area contributed by atoms with Crippen molar-refractivity contribution in [3.05, 3.63) is 0 Å². The lowest BCUT2D eigenvalue weighted by molar-refractivity contribution is -0.117. The molecule has 3 fully saturated rings. The molecule has 4 heteroatoms. The van der Waals surface area contributed by atoms with Crippen molar-refractivity contribution in [2.24, 2.45) is 29.6 Å². The van der Waals surface area contributed by atoms with Crippen molar-refractivity contribution in [3.8, 4) is 0 Å². The van der Waals surface area contributed by atoms with Gasteiger partial charge in [0.1, 0.15) is 18.4 Å². The molecule has 0 aromatic rings. The van der Waals surface area contributed by atoms with Crippen LogP contribution in [-0.2, 0) is 4.74 Å². The number of hydrogen-bond acceptors (Lipinski definition) is 1. The van der Waals surface area contributed by atoms with Crippen LogP contribution in [0.4, 0.5) is 8.78 Å². The molecule has 0 bridgehead atoms. The lowest BCUT2D eigenvalue weighted by Gasteiger charge is -2.43. The Morgan fingerprint density at radius 1 is 0.686 bits per heavy atom. The molecule has 3 saturated carbocycles. The quantitative estimate of drug-likeness (QED) is 0.230. The summed E-state index contributed by atoms with van der Waals surface area (Å²) in [5.74, 6) is 3.54. The van der Waals surface area contributed by atoms with Gasteiger partial charge in [-0.1, -0.05) is 78.1 Å². The fourth-order valence-corrected chi connectivity index (χ4v) is 7.64. The summed E-state index contributed by atoms with van der Waals surface area (Å²) in [5.41, 5.74) is 0. The molecular formula is C31H62F2O2. The highest BCUT2D eigenvalue weighted by molar-refractivity contribution is 4.93. The molecule has 2 N–H and O–H groups in total. The Hall–Kier alpha value is -0.220. The van der Waals surface area contributed by atoms with Gasteiger partial charge in [-0.15, -0.1) is 0 Å². The zero-order valence-corrected chi connectivity index (χ0v) is 23.3. The molecule has 0 amide bonds. The van der Waals surface area contributed by atoms with Crippen LogP contribution < -0.4 is 0 Å². The van der Waals surface area contributed by atoms with Crippen LogP contribution in [0.1, 0.15) is 146 Å². The summed E-state index contributed by atoms with van der Waals surface area (Å²) in [7, 11) is 0. The molecule has 0 spiro atoms. The van der Waals surface area contributed by atoms with E-state index in [2.05, 4.69) is 13.8 Å². The van der Waals surface area contributed by atoms with E-state index in [0.29, 0.717) is 18.8 Å².